The molecule has 2 aromatic carbocycles. The van der Waals surface area contributed by atoms with E-state index in [9.17, 15) is 18.0 Å². The first-order valence-corrected chi connectivity index (χ1v) is 13.9. The van der Waals surface area contributed by atoms with Crippen LogP contribution in [0, 0.1) is 19.8 Å². The van der Waals surface area contributed by atoms with Crippen LogP contribution in [0.5, 0.6) is 0 Å². The Morgan fingerprint density at radius 1 is 1.00 bits per heavy atom. The molecule has 2 aromatic rings. The van der Waals surface area contributed by atoms with Crippen molar-refractivity contribution in [2.75, 3.05) is 23.7 Å². The lowest BCUT2D eigenvalue weighted by Crippen LogP contribution is -2.51. The SMILES string of the molecule is Cc1cc(C)cc(N(CC(=O)N(Cc2c(Cl)cccc2Cl)C(C)C(=O)NCC(C)C)S(C)(=O)=O)c1. The minimum Gasteiger partial charge on any atom is -0.354 e. The number of sulfonamides is 1. The van der Waals surface area contributed by atoms with E-state index in [1.54, 1.807) is 37.3 Å². The molecule has 10 heteroatoms. The van der Waals surface area contributed by atoms with Gasteiger partial charge < -0.3 is 10.2 Å². The lowest BCUT2D eigenvalue weighted by atomic mass is 10.1. The first-order valence-electron chi connectivity index (χ1n) is 11.3. The van der Waals surface area contributed by atoms with Gasteiger partial charge in [0.25, 0.3) is 0 Å². The second-order valence-corrected chi connectivity index (χ2v) is 11.9. The fourth-order valence-corrected chi connectivity index (χ4v) is 4.95. The first kappa shape index (κ1) is 28.9. The van der Waals surface area contributed by atoms with Crippen molar-refractivity contribution in [2.24, 2.45) is 5.92 Å². The van der Waals surface area contributed by atoms with E-state index in [-0.39, 0.29) is 18.4 Å². The summed E-state index contributed by atoms with van der Waals surface area (Å²) in [5.41, 5.74) is 2.58. The number of nitrogens with one attached hydrogen (secondary N) is 1. The molecule has 0 aromatic heterocycles. The van der Waals surface area contributed by atoms with Gasteiger partial charge in [0.15, 0.2) is 0 Å². The minimum atomic E-state index is -3.80. The van der Waals surface area contributed by atoms with E-state index in [0.29, 0.717) is 27.8 Å². The second-order valence-electron chi connectivity index (χ2n) is 9.15. The fraction of sp³-hybridized carbons (Fsp3) is 0.440. The van der Waals surface area contributed by atoms with Gasteiger partial charge in [-0.15, -0.1) is 0 Å². The van der Waals surface area contributed by atoms with Crippen molar-refractivity contribution >= 4 is 50.7 Å². The van der Waals surface area contributed by atoms with Crippen LogP contribution in [0.3, 0.4) is 0 Å². The number of carbonyl (C=O) groups is 2. The fourth-order valence-electron chi connectivity index (χ4n) is 3.60. The van der Waals surface area contributed by atoms with Crippen LogP contribution in [0.4, 0.5) is 5.69 Å². The number of carbonyl (C=O) groups excluding carboxylic acids is 2. The van der Waals surface area contributed by atoms with Crippen molar-refractivity contribution in [3.63, 3.8) is 0 Å². The molecule has 0 bridgehead atoms. The molecule has 2 rings (SSSR count). The van der Waals surface area contributed by atoms with Gasteiger partial charge in [-0.25, -0.2) is 8.42 Å². The van der Waals surface area contributed by atoms with Crippen LogP contribution in [0.25, 0.3) is 0 Å². The van der Waals surface area contributed by atoms with Crippen LogP contribution in [0.15, 0.2) is 36.4 Å². The molecule has 0 spiro atoms. The van der Waals surface area contributed by atoms with Crippen LogP contribution in [-0.2, 0) is 26.2 Å². The first-order chi connectivity index (χ1) is 16.2. The summed E-state index contributed by atoms with van der Waals surface area (Å²) in [4.78, 5) is 27.8. The van der Waals surface area contributed by atoms with Gasteiger partial charge in [0.1, 0.15) is 12.6 Å². The van der Waals surface area contributed by atoms with Crippen molar-refractivity contribution in [2.45, 2.75) is 47.2 Å². The van der Waals surface area contributed by atoms with E-state index >= 15 is 0 Å². The lowest BCUT2D eigenvalue weighted by molar-refractivity contribution is -0.139. The molecule has 0 aliphatic carbocycles. The molecule has 0 saturated carbocycles. The van der Waals surface area contributed by atoms with Gasteiger partial charge in [0.05, 0.1) is 11.9 Å². The number of anilines is 1. The molecule has 1 unspecified atom stereocenters. The van der Waals surface area contributed by atoms with Gasteiger partial charge in [-0.05, 0) is 62.1 Å². The molecule has 0 radical (unpaired) electrons. The van der Waals surface area contributed by atoms with E-state index in [0.717, 1.165) is 21.7 Å². The van der Waals surface area contributed by atoms with Gasteiger partial charge in [0.2, 0.25) is 21.8 Å². The molecule has 2 amide bonds. The van der Waals surface area contributed by atoms with Crippen molar-refractivity contribution in [1.82, 2.24) is 10.2 Å². The Morgan fingerprint density at radius 3 is 2.03 bits per heavy atom. The molecule has 0 aliphatic rings. The number of nitrogens with zero attached hydrogens (tertiary/aromatic N) is 2. The quantitative estimate of drug-likeness (QED) is 0.477. The Balaban J connectivity index is 2.46. The van der Waals surface area contributed by atoms with E-state index in [1.165, 1.54) is 4.90 Å². The Morgan fingerprint density at radius 2 is 1.54 bits per heavy atom. The van der Waals surface area contributed by atoms with Crippen molar-refractivity contribution in [3.8, 4) is 0 Å². The molecule has 192 valence electrons. The zero-order valence-corrected chi connectivity index (χ0v) is 23.3. The summed E-state index contributed by atoms with van der Waals surface area (Å²) in [6, 6.07) is 9.41. The number of hydrogen-bond donors (Lipinski definition) is 1. The number of benzene rings is 2. The zero-order chi connectivity index (χ0) is 26.5. The molecule has 1 N–H and O–H groups in total. The summed E-state index contributed by atoms with van der Waals surface area (Å²) in [6.07, 6.45) is 1.05. The van der Waals surface area contributed by atoms with E-state index in [2.05, 4.69) is 5.32 Å². The van der Waals surface area contributed by atoms with Crippen LogP contribution in [0.1, 0.15) is 37.5 Å². The monoisotopic (exact) mass is 541 g/mol. The van der Waals surface area contributed by atoms with E-state index in [1.807, 2.05) is 33.8 Å². The highest BCUT2D eigenvalue weighted by atomic mass is 35.5. The van der Waals surface area contributed by atoms with Crippen LogP contribution in [0.2, 0.25) is 10.0 Å². The molecule has 0 fully saturated rings. The van der Waals surface area contributed by atoms with Crippen molar-refractivity contribution in [1.29, 1.82) is 0 Å². The number of rotatable bonds is 10. The topological polar surface area (TPSA) is 86.8 Å². The van der Waals surface area contributed by atoms with Gasteiger partial charge in [-0.3, -0.25) is 13.9 Å². The summed E-state index contributed by atoms with van der Waals surface area (Å²) in [5.74, 6) is -0.691. The predicted molar refractivity (Wildman–Crippen MR) is 142 cm³/mol. The number of aryl methyl sites for hydroxylation is 2. The summed E-state index contributed by atoms with van der Waals surface area (Å²) in [7, 11) is -3.80. The average Bonchev–Trinajstić information content (AvgIpc) is 2.73. The molecule has 0 saturated heterocycles. The highest BCUT2D eigenvalue weighted by Crippen LogP contribution is 2.27. The number of hydrogen-bond acceptors (Lipinski definition) is 4. The van der Waals surface area contributed by atoms with Crippen molar-refractivity contribution < 1.29 is 18.0 Å². The third-order valence-electron chi connectivity index (χ3n) is 5.42. The van der Waals surface area contributed by atoms with Crippen LogP contribution in [-0.4, -0.2) is 50.5 Å². The van der Waals surface area contributed by atoms with Crippen molar-refractivity contribution in [3.05, 3.63) is 63.1 Å². The molecule has 0 heterocycles. The Kier molecular flexibility index (Phi) is 10.0. The Hall–Kier alpha value is -2.29. The van der Waals surface area contributed by atoms with Gasteiger partial charge in [-0.2, -0.15) is 0 Å². The Labute approximate surface area is 218 Å². The molecule has 35 heavy (non-hydrogen) atoms. The molecular formula is C25H33Cl2N3O4S. The summed E-state index contributed by atoms with van der Waals surface area (Å²) >= 11 is 12.7. The van der Waals surface area contributed by atoms with Crippen LogP contribution < -0.4 is 9.62 Å². The number of amides is 2. The maximum Gasteiger partial charge on any atom is 0.244 e. The average molecular weight is 543 g/mol. The third kappa shape index (κ3) is 8.12. The smallest absolute Gasteiger partial charge is 0.244 e. The van der Waals surface area contributed by atoms with Gasteiger partial charge >= 0.3 is 0 Å². The van der Waals surface area contributed by atoms with E-state index < -0.39 is 28.5 Å². The number of halogens is 2. The van der Waals surface area contributed by atoms with Gasteiger partial charge in [0, 0.05) is 28.7 Å². The summed E-state index contributed by atoms with van der Waals surface area (Å²) in [5, 5.41) is 3.53. The maximum atomic E-state index is 13.6. The second kappa shape index (κ2) is 12.1. The highest BCUT2D eigenvalue weighted by Gasteiger charge is 2.31. The standard InChI is InChI=1S/C25H33Cl2N3O4S/c1-16(2)13-28-25(32)19(5)29(14-21-22(26)8-7-9-23(21)27)24(31)15-30(35(6,33)34)20-11-17(3)10-18(4)12-20/h7-12,16,19H,13-15H2,1-6H3,(H,28,32). The molecular weight excluding hydrogens is 509 g/mol. The largest absolute Gasteiger partial charge is 0.354 e. The normalized spacial score (nSPS) is 12.4. The van der Waals surface area contributed by atoms with Gasteiger partial charge in [-0.1, -0.05) is 49.2 Å². The minimum absolute atomic E-state index is 0.0575. The zero-order valence-electron chi connectivity index (χ0n) is 20.9. The maximum absolute atomic E-state index is 13.6. The summed E-state index contributed by atoms with van der Waals surface area (Å²) in [6.45, 7) is 9.13. The highest BCUT2D eigenvalue weighted by molar-refractivity contribution is 7.92. The molecule has 0 aliphatic heterocycles. The van der Waals surface area contributed by atoms with Crippen LogP contribution >= 0.6 is 23.2 Å². The van der Waals surface area contributed by atoms with E-state index in [4.69, 9.17) is 23.2 Å². The molecule has 1 atom stereocenters. The predicted octanol–water partition coefficient (Wildman–Crippen LogP) is 4.57. The lowest BCUT2D eigenvalue weighted by Gasteiger charge is -2.32. The summed E-state index contributed by atoms with van der Waals surface area (Å²) < 4.78 is 26.4. The third-order valence-corrected chi connectivity index (χ3v) is 7.26. The Bertz CT molecular complexity index is 1140. The molecule has 7 nitrogen and oxygen atoms in total.